The highest BCUT2D eigenvalue weighted by molar-refractivity contribution is 5.74. The molecular formula is C12H23N3O3. The zero-order valence-corrected chi connectivity index (χ0v) is 10.8. The fraction of sp³-hybridized carbons (Fsp3) is 0.833. The van der Waals surface area contributed by atoms with Crippen LogP contribution in [0.4, 0.5) is 4.79 Å². The summed E-state index contributed by atoms with van der Waals surface area (Å²) in [5.74, 6) is -0.924. The maximum Gasteiger partial charge on any atom is 0.315 e. The Balaban J connectivity index is 2.22. The third-order valence-electron chi connectivity index (χ3n) is 3.27. The first-order valence-corrected chi connectivity index (χ1v) is 6.50. The molecular weight excluding hydrogens is 234 g/mol. The monoisotopic (exact) mass is 257 g/mol. The number of nitrogens with two attached hydrogens (primary N) is 1. The van der Waals surface area contributed by atoms with Gasteiger partial charge in [0.15, 0.2) is 0 Å². The van der Waals surface area contributed by atoms with Gasteiger partial charge in [-0.2, -0.15) is 0 Å². The lowest BCUT2D eigenvalue weighted by atomic mass is 9.91. The molecule has 0 bridgehead atoms. The molecule has 18 heavy (non-hydrogen) atoms. The van der Waals surface area contributed by atoms with Gasteiger partial charge in [-0.15, -0.1) is 0 Å². The molecule has 1 aliphatic rings. The molecule has 0 aromatic rings. The van der Waals surface area contributed by atoms with Crippen LogP contribution in [0.1, 0.15) is 39.0 Å². The predicted molar refractivity (Wildman–Crippen MR) is 68.2 cm³/mol. The maximum atomic E-state index is 11.6. The molecule has 1 rings (SSSR count). The lowest BCUT2D eigenvalue weighted by molar-refractivity contribution is -0.137. The summed E-state index contributed by atoms with van der Waals surface area (Å²) >= 11 is 0. The summed E-state index contributed by atoms with van der Waals surface area (Å²) in [6.07, 6.45) is 4.13. The minimum atomic E-state index is -0.848. The number of urea groups is 1. The third kappa shape index (κ3) is 5.35. The number of carbonyl (C=O) groups excluding carboxylic acids is 1. The van der Waals surface area contributed by atoms with Crippen LogP contribution in [-0.2, 0) is 4.79 Å². The van der Waals surface area contributed by atoms with Crippen molar-refractivity contribution in [1.82, 2.24) is 10.6 Å². The molecule has 6 nitrogen and oxygen atoms in total. The van der Waals surface area contributed by atoms with Crippen molar-refractivity contribution in [1.29, 1.82) is 0 Å². The Morgan fingerprint density at radius 3 is 2.67 bits per heavy atom. The van der Waals surface area contributed by atoms with E-state index in [-0.39, 0.29) is 30.5 Å². The topological polar surface area (TPSA) is 104 Å². The second kappa shape index (κ2) is 7.20. The standard InChI is InChI=1S/C12H23N3O3/c1-8(6-11(16)17)7-14-12(18)15-10-5-3-2-4-9(10)13/h8-10H,2-7,13H2,1H3,(H,16,17)(H2,14,15,18). The lowest BCUT2D eigenvalue weighted by Crippen LogP contribution is -2.52. The summed E-state index contributed by atoms with van der Waals surface area (Å²) in [5, 5.41) is 14.1. The molecule has 0 heterocycles. The quantitative estimate of drug-likeness (QED) is 0.581. The van der Waals surface area contributed by atoms with Gasteiger partial charge in [-0.1, -0.05) is 19.8 Å². The fourth-order valence-electron chi connectivity index (χ4n) is 2.20. The summed E-state index contributed by atoms with van der Waals surface area (Å²) in [6.45, 7) is 2.15. The van der Waals surface area contributed by atoms with Crippen LogP contribution in [0.15, 0.2) is 0 Å². The van der Waals surface area contributed by atoms with E-state index in [1.54, 1.807) is 6.92 Å². The van der Waals surface area contributed by atoms with Gasteiger partial charge in [0.25, 0.3) is 0 Å². The average molecular weight is 257 g/mol. The molecule has 1 fully saturated rings. The number of aliphatic carboxylic acids is 1. The maximum absolute atomic E-state index is 11.6. The van der Waals surface area contributed by atoms with Gasteiger partial charge in [0.1, 0.15) is 0 Å². The smallest absolute Gasteiger partial charge is 0.315 e. The molecule has 0 radical (unpaired) electrons. The second-order valence-electron chi connectivity index (χ2n) is 5.11. The van der Waals surface area contributed by atoms with Crippen molar-refractivity contribution < 1.29 is 14.7 Å². The molecule has 2 amide bonds. The van der Waals surface area contributed by atoms with Crippen LogP contribution in [-0.4, -0.2) is 35.7 Å². The summed E-state index contributed by atoms with van der Waals surface area (Å²) < 4.78 is 0. The van der Waals surface area contributed by atoms with Crippen molar-refractivity contribution in [2.24, 2.45) is 11.7 Å². The largest absolute Gasteiger partial charge is 0.481 e. The van der Waals surface area contributed by atoms with Crippen LogP contribution < -0.4 is 16.4 Å². The summed E-state index contributed by atoms with van der Waals surface area (Å²) in [7, 11) is 0. The van der Waals surface area contributed by atoms with Crippen LogP contribution in [0.25, 0.3) is 0 Å². The minimum Gasteiger partial charge on any atom is -0.481 e. The van der Waals surface area contributed by atoms with E-state index >= 15 is 0 Å². The molecule has 0 aliphatic heterocycles. The minimum absolute atomic E-state index is 0.0287. The Kier molecular flexibility index (Phi) is 5.91. The molecule has 104 valence electrons. The highest BCUT2D eigenvalue weighted by Crippen LogP contribution is 2.16. The highest BCUT2D eigenvalue weighted by atomic mass is 16.4. The van der Waals surface area contributed by atoms with Gasteiger partial charge in [-0.25, -0.2) is 4.79 Å². The first-order valence-electron chi connectivity index (χ1n) is 6.50. The molecule has 0 aromatic heterocycles. The van der Waals surface area contributed by atoms with Crippen molar-refractivity contribution in [3.63, 3.8) is 0 Å². The van der Waals surface area contributed by atoms with Gasteiger partial charge in [0.2, 0.25) is 0 Å². The van der Waals surface area contributed by atoms with Crippen molar-refractivity contribution in [2.75, 3.05) is 6.54 Å². The van der Waals surface area contributed by atoms with Gasteiger partial charge < -0.3 is 21.5 Å². The van der Waals surface area contributed by atoms with Crippen LogP contribution in [0, 0.1) is 5.92 Å². The second-order valence-corrected chi connectivity index (χ2v) is 5.11. The zero-order valence-electron chi connectivity index (χ0n) is 10.8. The van der Waals surface area contributed by atoms with Crippen LogP contribution in [0.2, 0.25) is 0 Å². The van der Waals surface area contributed by atoms with Crippen LogP contribution in [0.3, 0.4) is 0 Å². The Morgan fingerprint density at radius 2 is 2.06 bits per heavy atom. The van der Waals surface area contributed by atoms with E-state index in [0.717, 1.165) is 25.7 Å². The zero-order chi connectivity index (χ0) is 13.5. The van der Waals surface area contributed by atoms with Gasteiger partial charge in [0, 0.05) is 25.0 Å². The van der Waals surface area contributed by atoms with Gasteiger partial charge >= 0.3 is 12.0 Å². The van der Waals surface area contributed by atoms with E-state index in [1.807, 2.05) is 0 Å². The first-order chi connectivity index (χ1) is 8.49. The van der Waals surface area contributed by atoms with E-state index < -0.39 is 5.97 Å². The molecule has 6 heteroatoms. The Bertz CT molecular complexity index is 296. The van der Waals surface area contributed by atoms with Crippen LogP contribution >= 0.6 is 0 Å². The number of carboxylic acids is 1. The Labute approximate surface area is 107 Å². The lowest BCUT2D eigenvalue weighted by Gasteiger charge is -2.29. The molecule has 1 aliphatic carbocycles. The van der Waals surface area contributed by atoms with Crippen molar-refractivity contribution in [3.8, 4) is 0 Å². The average Bonchev–Trinajstić information content (AvgIpc) is 2.29. The summed E-state index contributed by atoms with van der Waals surface area (Å²) in [4.78, 5) is 22.1. The number of carboxylic acid groups (broad SMARTS) is 1. The van der Waals surface area contributed by atoms with Gasteiger partial charge in [-0.05, 0) is 18.8 Å². The Hall–Kier alpha value is -1.30. The number of amides is 2. The van der Waals surface area contributed by atoms with Gasteiger partial charge in [-0.3, -0.25) is 4.79 Å². The van der Waals surface area contributed by atoms with Crippen molar-refractivity contribution in [2.45, 2.75) is 51.1 Å². The molecule has 1 saturated carbocycles. The third-order valence-corrected chi connectivity index (χ3v) is 3.27. The van der Waals surface area contributed by atoms with Crippen LogP contribution in [0.5, 0.6) is 0 Å². The van der Waals surface area contributed by atoms with Crippen molar-refractivity contribution >= 4 is 12.0 Å². The highest BCUT2D eigenvalue weighted by Gasteiger charge is 2.23. The molecule has 0 aromatic carbocycles. The molecule has 5 N–H and O–H groups in total. The van der Waals surface area contributed by atoms with E-state index in [1.165, 1.54) is 0 Å². The SMILES string of the molecule is CC(CNC(=O)NC1CCCCC1N)CC(=O)O. The number of hydrogen-bond acceptors (Lipinski definition) is 3. The normalized spacial score (nSPS) is 25.2. The van der Waals surface area contributed by atoms with Crippen molar-refractivity contribution in [3.05, 3.63) is 0 Å². The molecule has 3 atom stereocenters. The Morgan fingerprint density at radius 1 is 1.39 bits per heavy atom. The number of hydrogen-bond donors (Lipinski definition) is 4. The summed E-state index contributed by atoms with van der Waals surface area (Å²) in [6, 6.07) is -0.191. The fourth-order valence-corrected chi connectivity index (χ4v) is 2.20. The number of rotatable bonds is 5. The predicted octanol–water partition coefficient (Wildman–Crippen LogP) is 0.666. The van der Waals surface area contributed by atoms with E-state index in [2.05, 4.69) is 10.6 Å². The molecule has 3 unspecified atom stereocenters. The molecule has 0 spiro atoms. The molecule has 0 saturated heterocycles. The van der Waals surface area contributed by atoms with E-state index in [4.69, 9.17) is 10.8 Å². The summed E-state index contributed by atoms with van der Waals surface area (Å²) in [5.41, 5.74) is 5.93. The number of carbonyl (C=O) groups is 2. The number of nitrogens with one attached hydrogen (secondary N) is 2. The van der Waals surface area contributed by atoms with Gasteiger partial charge in [0.05, 0.1) is 0 Å². The van der Waals surface area contributed by atoms with E-state index in [0.29, 0.717) is 6.54 Å². The first kappa shape index (κ1) is 14.8. The van der Waals surface area contributed by atoms with E-state index in [9.17, 15) is 9.59 Å².